The maximum Gasteiger partial charge on any atom is 0.263 e. The van der Waals surface area contributed by atoms with Gasteiger partial charge in [0.2, 0.25) is 0 Å². The lowest BCUT2D eigenvalue weighted by Crippen LogP contribution is -2.21. The SMILES string of the molecule is Nc1ccccc1OCC(=O)Nc1cc(Cl)ncn1. The first-order valence-electron chi connectivity index (χ1n) is 5.40. The standard InChI is InChI=1S/C12H11ClN4O2/c13-10-5-11(16-7-15-10)17-12(18)6-19-9-4-2-1-3-8(9)14/h1-5,7H,6,14H2,(H,15,16,17,18). The molecule has 7 heteroatoms. The van der Waals surface area contributed by atoms with Crippen molar-refractivity contribution in [2.24, 2.45) is 0 Å². The van der Waals surface area contributed by atoms with Gasteiger partial charge in [0.25, 0.3) is 5.91 Å². The number of nitrogens with one attached hydrogen (secondary N) is 1. The molecule has 19 heavy (non-hydrogen) atoms. The minimum atomic E-state index is -0.363. The average Bonchev–Trinajstić information content (AvgIpc) is 2.38. The number of aromatic nitrogens is 2. The number of carbonyl (C=O) groups is 1. The van der Waals surface area contributed by atoms with Crippen molar-refractivity contribution in [3.63, 3.8) is 0 Å². The minimum Gasteiger partial charge on any atom is -0.482 e. The van der Waals surface area contributed by atoms with Crippen LogP contribution in [0.4, 0.5) is 11.5 Å². The number of nitrogens with zero attached hydrogens (tertiary/aromatic N) is 2. The molecule has 0 saturated heterocycles. The van der Waals surface area contributed by atoms with E-state index in [9.17, 15) is 4.79 Å². The molecule has 1 aromatic heterocycles. The van der Waals surface area contributed by atoms with Gasteiger partial charge in [0.05, 0.1) is 5.69 Å². The van der Waals surface area contributed by atoms with Gasteiger partial charge >= 0.3 is 0 Å². The fourth-order valence-corrected chi connectivity index (χ4v) is 1.48. The Kier molecular flexibility index (Phi) is 4.15. The van der Waals surface area contributed by atoms with E-state index in [1.165, 1.54) is 12.4 Å². The monoisotopic (exact) mass is 278 g/mol. The Morgan fingerprint density at radius 2 is 2.16 bits per heavy atom. The van der Waals surface area contributed by atoms with E-state index in [0.29, 0.717) is 17.3 Å². The summed E-state index contributed by atoms with van der Waals surface area (Å²) in [7, 11) is 0. The van der Waals surface area contributed by atoms with Crippen molar-refractivity contribution >= 4 is 29.0 Å². The largest absolute Gasteiger partial charge is 0.482 e. The molecular weight excluding hydrogens is 268 g/mol. The quantitative estimate of drug-likeness (QED) is 0.656. The van der Waals surface area contributed by atoms with Crippen LogP contribution in [0.2, 0.25) is 5.15 Å². The topological polar surface area (TPSA) is 90.1 Å². The molecular formula is C12H11ClN4O2. The zero-order valence-corrected chi connectivity index (χ0v) is 10.6. The summed E-state index contributed by atoms with van der Waals surface area (Å²) in [6.45, 7) is -0.171. The number of ether oxygens (including phenoxy) is 1. The van der Waals surface area contributed by atoms with E-state index in [-0.39, 0.29) is 17.7 Å². The van der Waals surface area contributed by atoms with Crippen molar-refractivity contribution in [1.29, 1.82) is 0 Å². The van der Waals surface area contributed by atoms with Crippen LogP contribution >= 0.6 is 11.6 Å². The second kappa shape index (κ2) is 6.01. The highest BCUT2D eigenvalue weighted by Gasteiger charge is 2.06. The van der Waals surface area contributed by atoms with Gasteiger partial charge in [-0.2, -0.15) is 0 Å². The zero-order chi connectivity index (χ0) is 13.7. The highest BCUT2D eigenvalue weighted by atomic mass is 35.5. The highest BCUT2D eigenvalue weighted by molar-refractivity contribution is 6.29. The second-order valence-corrected chi connectivity index (χ2v) is 3.99. The van der Waals surface area contributed by atoms with Gasteiger partial charge in [0, 0.05) is 6.07 Å². The Labute approximate surface area is 114 Å². The molecule has 0 fully saturated rings. The van der Waals surface area contributed by atoms with Crippen LogP contribution in [0.1, 0.15) is 0 Å². The van der Waals surface area contributed by atoms with E-state index < -0.39 is 0 Å². The number of benzene rings is 1. The molecule has 0 saturated carbocycles. The van der Waals surface area contributed by atoms with Gasteiger partial charge in [-0.25, -0.2) is 9.97 Å². The van der Waals surface area contributed by atoms with E-state index in [0.717, 1.165) is 0 Å². The van der Waals surface area contributed by atoms with Crippen LogP contribution < -0.4 is 15.8 Å². The Bertz CT molecular complexity index is 591. The molecule has 1 heterocycles. The van der Waals surface area contributed by atoms with Crippen molar-refractivity contribution in [2.45, 2.75) is 0 Å². The van der Waals surface area contributed by atoms with Crippen molar-refractivity contribution in [2.75, 3.05) is 17.7 Å². The summed E-state index contributed by atoms with van der Waals surface area (Å²) in [6.07, 6.45) is 1.26. The summed E-state index contributed by atoms with van der Waals surface area (Å²) >= 11 is 5.67. The smallest absolute Gasteiger partial charge is 0.263 e. The fourth-order valence-electron chi connectivity index (χ4n) is 1.34. The molecule has 0 bridgehead atoms. The third kappa shape index (κ3) is 3.82. The molecule has 0 aliphatic rings. The number of rotatable bonds is 4. The molecule has 0 aliphatic carbocycles. The number of hydrogen-bond donors (Lipinski definition) is 2. The number of amides is 1. The number of hydrogen-bond acceptors (Lipinski definition) is 5. The molecule has 2 aromatic rings. The predicted octanol–water partition coefficient (Wildman–Crippen LogP) is 1.73. The van der Waals surface area contributed by atoms with E-state index in [2.05, 4.69) is 15.3 Å². The van der Waals surface area contributed by atoms with Gasteiger partial charge in [-0.05, 0) is 12.1 Å². The molecule has 3 N–H and O–H groups in total. The van der Waals surface area contributed by atoms with Crippen molar-refractivity contribution < 1.29 is 9.53 Å². The first-order valence-corrected chi connectivity index (χ1v) is 5.77. The van der Waals surface area contributed by atoms with Crippen LogP contribution in [0.3, 0.4) is 0 Å². The van der Waals surface area contributed by atoms with E-state index in [1.54, 1.807) is 24.3 Å². The Morgan fingerprint density at radius 3 is 2.89 bits per heavy atom. The maximum absolute atomic E-state index is 11.6. The van der Waals surface area contributed by atoms with Gasteiger partial charge < -0.3 is 15.8 Å². The van der Waals surface area contributed by atoms with Crippen molar-refractivity contribution in [3.8, 4) is 5.75 Å². The molecule has 0 atom stereocenters. The molecule has 1 amide bonds. The molecule has 0 unspecified atom stereocenters. The van der Waals surface area contributed by atoms with Crippen molar-refractivity contribution in [3.05, 3.63) is 41.8 Å². The fraction of sp³-hybridized carbons (Fsp3) is 0.0833. The number of halogens is 1. The van der Waals surface area contributed by atoms with Crippen LogP contribution in [-0.2, 0) is 4.79 Å². The molecule has 0 aliphatic heterocycles. The van der Waals surface area contributed by atoms with Crippen LogP contribution in [0.5, 0.6) is 5.75 Å². The first-order chi connectivity index (χ1) is 9.15. The number of para-hydroxylation sites is 2. The molecule has 6 nitrogen and oxygen atoms in total. The van der Waals surface area contributed by atoms with Crippen LogP contribution in [0.25, 0.3) is 0 Å². The van der Waals surface area contributed by atoms with Gasteiger partial charge in [-0.3, -0.25) is 4.79 Å². The summed E-state index contributed by atoms with van der Waals surface area (Å²) in [6, 6.07) is 8.37. The Hall–Kier alpha value is -2.34. The number of nitrogens with two attached hydrogens (primary N) is 1. The lowest BCUT2D eigenvalue weighted by atomic mass is 10.3. The lowest BCUT2D eigenvalue weighted by Gasteiger charge is -2.08. The summed E-state index contributed by atoms with van der Waals surface area (Å²) in [4.78, 5) is 19.2. The lowest BCUT2D eigenvalue weighted by molar-refractivity contribution is -0.118. The summed E-state index contributed by atoms with van der Waals surface area (Å²) in [5.41, 5.74) is 6.16. The summed E-state index contributed by atoms with van der Waals surface area (Å²) < 4.78 is 5.29. The number of nitrogen functional groups attached to an aromatic ring is 1. The van der Waals surface area contributed by atoms with Gasteiger partial charge in [0.1, 0.15) is 23.0 Å². The number of carbonyl (C=O) groups excluding carboxylic acids is 1. The molecule has 1 aromatic carbocycles. The molecule has 2 rings (SSSR count). The summed E-state index contributed by atoms with van der Waals surface area (Å²) in [5.74, 6) is 0.408. The zero-order valence-electron chi connectivity index (χ0n) is 9.84. The van der Waals surface area contributed by atoms with Crippen LogP contribution in [-0.4, -0.2) is 22.5 Å². The van der Waals surface area contributed by atoms with E-state index in [4.69, 9.17) is 22.1 Å². The predicted molar refractivity (Wildman–Crippen MR) is 72.0 cm³/mol. The Morgan fingerprint density at radius 1 is 1.37 bits per heavy atom. The van der Waals surface area contributed by atoms with Crippen molar-refractivity contribution in [1.82, 2.24) is 9.97 Å². The highest BCUT2D eigenvalue weighted by Crippen LogP contribution is 2.19. The Balaban J connectivity index is 1.90. The summed E-state index contributed by atoms with van der Waals surface area (Å²) in [5, 5.41) is 2.78. The molecule has 98 valence electrons. The molecule has 0 radical (unpaired) electrons. The van der Waals surface area contributed by atoms with Gasteiger partial charge in [-0.15, -0.1) is 0 Å². The normalized spacial score (nSPS) is 9.95. The van der Waals surface area contributed by atoms with Gasteiger partial charge in [0.15, 0.2) is 6.61 Å². The average molecular weight is 279 g/mol. The molecule has 0 spiro atoms. The van der Waals surface area contributed by atoms with E-state index in [1.807, 2.05) is 0 Å². The van der Waals surface area contributed by atoms with E-state index >= 15 is 0 Å². The van der Waals surface area contributed by atoms with Gasteiger partial charge in [-0.1, -0.05) is 23.7 Å². The third-order valence-corrected chi connectivity index (χ3v) is 2.39. The van der Waals surface area contributed by atoms with Crippen LogP contribution in [0, 0.1) is 0 Å². The minimum absolute atomic E-state index is 0.171. The first kappa shape index (κ1) is 13.1. The second-order valence-electron chi connectivity index (χ2n) is 3.60. The number of anilines is 2. The third-order valence-electron chi connectivity index (χ3n) is 2.18. The maximum atomic E-state index is 11.6. The van der Waals surface area contributed by atoms with Crippen LogP contribution in [0.15, 0.2) is 36.7 Å².